The van der Waals surface area contributed by atoms with Gasteiger partial charge in [0.25, 0.3) is 0 Å². The highest BCUT2D eigenvalue weighted by molar-refractivity contribution is 6.30. The third-order valence-electron chi connectivity index (χ3n) is 3.37. The highest BCUT2D eigenvalue weighted by Crippen LogP contribution is 2.12. The molecule has 0 fully saturated rings. The molecule has 132 valence electrons. The maximum atomic E-state index is 12.4. The number of hydrogen-bond acceptors (Lipinski definition) is 3. The van der Waals surface area contributed by atoms with Crippen LogP contribution in [-0.2, 0) is 20.8 Å². The SMILES string of the molecule is CC(=O)N[C@@H](CC(C)C)C(=O)N[C@@H](Cc1ccc(Cl)cc1)C(=O)O. The lowest BCUT2D eigenvalue weighted by Crippen LogP contribution is -2.52. The molecule has 0 saturated carbocycles. The summed E-state index contributed by atoms with van der Waals surface area (Å²) in [6.07, 6.45) is 0.561. The summed E-state index contributed by atoms with van der Waals surface area (Å²) in [5, 5.41) is 15.0. The third-order valence-corrected chi connectivity index (χ3v) is 3.62. The average Bonchev–Trinajstić information content (AvgIpc) is 2.46. The Kier molecular flexibility index (Phi) is 7.71. The first kappa shape index (κ1) is 20.0. The fraction of sp³-hybridized carbons (Fsp3) is 0.471. The van der Waals surface area contributed by atoms with Gasteiger partial charge in [0.2, 0.25) is 11.8 Å². The van der Waals surface area contributed by atoms with Crippen LogP contribution in [0.2, 0.25) is 5.02 Å². The van der Waals surface area contributed by atoms with Gasteiger partial charge in [0.1, 0.15) is 12.1 Å². The zero-order valence-electron chi connectivity index (χ0n) is 14.0. The molecule has 3 N–H and O–H groups in total. The standard InChI is InChI=1S/C17H23ClN2O4/c1-10(2)8-14(19-11(3)21)16(22)20-15(17(23)24)9-12-4-6-13(18)7-5-12/h4-7,10,14-15H,8-9H2,1-3H3,(H,19,21)(H,20,22)(H,23,24)/t14-,15-/m0/s1. The smallest absolute Gasteiger partial charge is 0.326 e. The number of benzene rings is 1. The van der Waals surface area contributed by atoms with Crippen LogP contribution in [0.25, 0.3) is 0 Å². The van der Waals surface area contributed by atoms with E-state index in [0.717, 1.165) is 5.56 Å². The van der Waals surface area contributed by atoms with E-state index in [1.54, 1.807) is 24.3 Å². The quantitative estimate of drug-likeness (QED) is 0.665. The third kappa shape index (κ3) is 7.00. The number of carbonyl (C=O) groups is 3. The van der Waals surface area contributed by atoms with Crippen LogP contribution in [0, 0.1) is 5.92 Å². The minimum atomic E-state index is -1.13. The summed E-state index contributed by atoms with van der Waals surface area (Å²) in [5.41, 5.74) is 0.743. The predicted molar refractivity (Wildman–Crippen MR) is 91.8 cm³/mol. The molecule has 1 aromatic rings. The molecule has 0 aliphatic heterocycles. The first-order valence-electron chi connectivity index (χ1n) is 7.73. The van der Waals surface area contributed by atoms with Crippen molar-refractivity contribution in [3.63, 3.8) is 0 Å². The minimum absolute atomic E-state index is 0.132. The normalized spacial score (nSPS) is 13.2. The highest BCUT2D eigenvalue weighted by Gasteiger charge is 2.26. The molecule has 0 unspecified atom stereocenters. The van der Waals surface area contributed by atoms with E-state index in [4.69, 9.17) is 11.6 Å². The molecule has 1 aromatic carbocycles. The number of carboxylic acid groups (broad SMARTS) is 1. The van der Waals surface area contributed by atoms with Crippen LogP contribution in [0.4, 0.5) is 0 Å². The summed E-state index contributed by atoms with van der Waals surface area (Å²) >= 11 is 5.81. The van der Waals surface area contributed by atoms with E-state index in [-0.39, 0.29) is 18.2 Å². The molecule has 24 heavy (non-hydrogen) atoms. The lowest BCUT2D eigenvalue weighted by molar-refractivity contribution is -0.142. The Morgan fingerprint density at radius 1 is 1.08 bits per heavy atom. The summed E-state index contributed by atoms with van der Waals surface area (Å²) in [6.45, 7) is 5.16. The number of hydrogen-bond donors (Lipinski definition) is 3. The van der Waals surface area contributed by atoms with Crippen molar-refractivity contribution in [3.8, 4) is 0 Å². The Morgan fingerprint density at radius 3 is 2.12 bits per heavy atom. The summed E-state index contributed by atoms with van der Waals surface area (Å²) in [7, 11) is 0. The van der Waals surface area contributed by atoms with Gasteiger partial charge >= 0.3 is 5.97 Å². The van der Waals surface area contributed by atoms with Gasteiger partial charge < -0.3 is 15.7 Å². The van der Waals surface area contributed by atoms with Gasteiger partial charge in [-0.25, -0.2) is 4.79 Å². The predicted octanol–water partition coefficient (Wildman–Crippen LogP) is 2.00. The van der Waals surface area contributed by atoms with E-state index in [1.165, 1.54) is 6.92 Å². The van der Waals surface area contributed by atoms with Gasteiger partial charge in [-0.3, -0.25) is 9.59 Å². The van der Waals surface area contributed by atoms with Crippen molar-refractivity contribution in [2.75, 3.05) is 0 Å². The second kappa shape index (κ2) is 9.27. The monoisotopic (exact) mass is 354 g/mol. The van der Waals surface area contributed by atoms with Crippen LogP contribution in [0.1, 0.15) is 32.8 Å². The fourth-order valence-corrected chi connectivity index (χ4v) is 2.40. The lowest BCUT2D eigenvalue weighted by atomic mass is 10.0. The van der Waals surface area contributed by atoms with E-state index in [0.29, 0.717) is 11.4 Å². The Hall–Kier alpha value is -2.08. The number of nitrogens with one attached hydrogen (secondary N) is 2. The van der Waals surface area contributed by atoms with E-state index in [1.807, 2.05) is 13.8 Å². The molecule has 2 atom stereocenters. The lowest BCUT2D eigenvalue weighted by Gasteiger charge is -2.22. The molecule has 0 bridgehead atoms. The largest absolute Gasteiger partial charge is 0.480 e. The molecular formula is C17H23ClN2O4. The Morgan fingerprint density at radius 2 is 1.67 bits per heavy atom. The van der Waals surface area contributed by atoms with Crippen molar-refractivity contribution in [1.82, 2.24) is 10.6 Å². The zero-order valence-corrected chi connectivity index (χ0v) is 14.8. The molecule has 0 saturated heterocycles. The molecule has 0 aromatic heterocycles. The summed E-state index contributed by atoms with van der Waals surface area (Å²) in [6, 6.07) is 4.91. The summed E-state index contributed by atoms with van der Waals surface area (Å²) in [4.78, 5) is 35.1. The number of carboxylic acids is 1. The maximum Gasteiger partial charge on any atom is 0.326 e. The first-order valence-corrected chi connectivity index (χ1v) is 8.11. The van der Waals surface area contributed by atoms with Gasteiger partial charge in [0, 0.05) is 18.4 Å². The topological polar surface area (TPSA) is 95.5 Å². The first-order chi connectivity index (χ1) is 11.2. The summed E-state index contributed by atoms with van der Waals surface area (Å²) < 4.78 is 0. The van der Waals surface area contributed by atoms with Crippen molar-refractivity contribution in [3.05, 3.63) is 34.9 Å². The van der Waals surface area contributed by atoms with E-state index in [9.17, 15) is 19.5 Å². The van der Waals surface area contributed by atoms with Crippen molar-refractivity contribution in [2.45, 2.75) is 45.7 Å². The molecule has 0 aliphatic rings. The average molecular weight is 355 g/mol. The van der Waals surface area contributed by atoms with Crippen LogP contribution >= 0.6 is 11.6 Å². The van der Waals surface area contributed by atoms with Gasteiger partial charge in [-0.05, 0) is 30.0 Å². The van der Waals surface area contributed by atoms with E-state index in [2.05, 4.69) is 10.6 Å². The Labute approximate surface area is 146 Å². The fourth-order valence-electron chi connectivity index (χ4n) is 2.28. The highest BCUT2D eigenvalue weighted by atomic mass is 35.5. The summed E-state index contributed by atoms with van der Waals surface area (Å²) in [5.74, 6) is -1.79. The van der Waals surface area contributed by atoms with Crippen LogP contribution in [0.3, 0.4) is 0 Å². The molecule has 6 nitrogen and oxygen atoms in total. The number of rotatable bonds is 8. The van der Waals surface area contributed by atoms with Gasteiger partial charge in [0.05, 0.1) is 0 Å². The maximum absolute atomic E-state index is 12.4. The molecule has 1 rings (SSSR count). The van der Waals surface area contributed by atoms with Crippen LogP contribution in [-0.4, -0.2) is 35.0 Å². The number of carbonyl (C=O) groups excluding carboxylic acids is 2. The van der Waals surface area contributed by atoms with Gasteiger partial charge in [-0.2, -0.15) is 0 Å². The molecule has 0 aliphatic carbocycles. The van der Waals surface area contributed by atoms with Crippen molar-refractivity contribution < 1.29 is 19.5 Å². The second-order valence-corrected chi connectivity index (χ2v) is 6.55. The number of aliphatic carboxylic acids is 1. The van der Waals surface area contributed by atoms with Crippen LogP contribution < -0.4 is 10.6 Å². The zero-order chi connectivity index (χ0) is 18.3. The second-order valence-electron chi connectivity index (χ2n) is 6.11. The van der Waals surface area contributed by atoms with E-state index < -0.39 is 24.0 Å². The Balaban J connectivity index is 2.80. The van der Waals surface area contributed by atoms with Crippen molar-refractivity contribution in [1.29, 1.82) is 0 Å². The van der Waals surface area contributed by atoms with Gasteiger partial charge in [-0.1, -0.05) is 37.6 Å². The van der Waals surface area contributed by atoms with Crippen molar-refractivity contribution >= 4 is 29.4 Å². The van der Waals surface area contributed by atoms with E-state index >= 15 is 0 Å². The molecule has 0 spiro atoms. The molecule has 0 heterocycles. The van der Waals surface area contributed by atoms with Crippen LogP contribution in [0.5, 0.6) is 0 Å². The van der Waals surface area contributed by atoms with Gasteiger partial charge in [-0.15, -0.1) is 0 Å². The molecule has 0 radical (unpaired) electrons. The van der Waals surface area contributed by atoms with Crippen LogP contribution in [0.15, 0.2) is 24.3 Å². The molecule has 2 amide bonds. The molecule has 7 heteroatoms. The Bertz CT molecular complexity index is 587. The minimum Gasteiger partial charge on any atom is -0.480 e. The van der Waals surface area contributed by atoms with Gasteiger partial charge in [0.15, 0.2) is 0 Å². The number of amides is 2. The number of halogens is 1. The molecular weight excluding hydrogens is 332 g/mol. The van der Waals surface area contributed by atoms with Crippen molar-refractivity contribution in [2.24, 2.45) is 5.92 Å².